The van der Waals surface area contributed by atoms with E-state index >= 15 is 0 Å². The monoisotopic (exact) mass is 326 g/mol. The Morgan fingerprint density at radius 2 is 1.79 bits per heavy atom. The number of hydrogen-bond donors (Lipinski definition) is 3. The lowest BCUT2D eigenvalue weighted by Gasteiger charge is -2.08. The molecule has 1 aromatic carbocycles. The van der Waals surface area contributed by atoms with Crippen LogP contribution >= 0.6 is 0 Å². The summed E-state index contributed by atoms with van der Waals surface area (Å²) >= 11 is 0. The van der Waals surface area contributed by atoms with Crippen LogP contribution in [0.5, 0.6) is 0 Å². The van der Waals surface area contributed by atoms with Crippen molar-refractivity contribution in [3.05, 3.63) is 48.3 Å². The minimum atomic E-state index is -0.296. The largest absolute Gasteiger partial charge is 0.384 e. The Morgan fingerprint density at radius 1 is 1.04 bits per heavy atom. The van der Waals surface area contributed by atoms with Crippen LogP contribution in [0.1, 0.15) is 37.2 Å². The maximum Gasteiger partial charge on any atom is 0.274 e. The van der Waals surface area contributed by atoms with E-state index in [1.807, 2.05) is 6.07 Å². The molecule has 0 saturated heterocycles. The topological polar surface area (TPSA) is 83.1 Å². The first-order valence-corrected chi connectivity index (χ1v) is 7.97. The van der Waals surface area contributed by atoms with Crippen molar-refractivity contribution in [3.63, 3.8) is 0 Å². The fourth-order valence-corrected chi connectivity index (χ4v) is 2.12. The summed E-state index contributed by atoms with van der Waals surface area (Å²) in [5, 5.41) is 8.70. The SMILES string of the molecule is CCCCNc1ccc(C(=O)Nc2cccc(NC(C)=O)c2)nc1. The molecule has 0 spiro atoms. The van der Waals surface area contributed by atoms with Crippen molar-refractivity contribution >= 4 is 28.9 Å². The van der Waals surface area contributed by atoms with E-state index in [1.165, 1.54) is 6.92 Å². The van der Waals surface area contributed by atoms with Gasteiger partial charge in [0.05, 0.1) is 11.9 Å². The van der Waals surface area contributed by atoms with Crippen LogP contribution in [0.15, 0.2) is 42.6 Å². The zero-order chi connectivity index (χ0) is 17.4. The van der Waals surface area contributed by atoms with Crippen LogP contribution in [0.2, 0.25) is 0 Å². The number of nitrogens with zero attached hydrogens (tertiary/aromatic N) is 1. The van der Waals surface area contributed by atoms with Crippen LogP contribution < -0.4 is 16.0 Å². The number of amides is 2. The molecule has 6 heteroatoms. The summed E-state index contributed by atoms with van der Waals surface area (Å²) in [6.07, 6.45) is 3.86. The molecule has 2 amide bonds. The Kier molecular flexibility index (Phi) is 6.31. The molecule has 1 aromatic heterocycles. The molecule has 1 heterocycles. The van der Waals surface area contributed by atoms with Crippen LogP contribution in [-0.4, -0.2) is 23.3 Å². The van der Waals surface area contributed by atoms with E-state index in [2.05, 4.69) is 27.9 Å². The molecule has 24 heavy (non-hydrogen) atoms. The second-order valence-electron chi connectivity index (χ2n) is 5.43. The van der Waals surface area contributed by atoms with Gasteiger partial charge in [-0.15, -0.1) is 0 Å². The summed E-state index contributed by atoms with van der Waals surface area (Å²) in [4.78, 5) is 27.5. The van der Waals surface area contributed by atoms with Gasteiger partial charge in [-0.1, -0.05) is 19.4 Å². The van der Waals surface area contributed by atoms with Crippen LogP contribution in [0, 0.1) is 0 Å². The Morgan fingerprint density at radius 3 is 2.42 bits per heavy atom. The van der Waals surface area contributed by atoms with E-state index in [1.54, 1.807) is 36.5 Å². The van der Waals surface area contributed by atoms with Crippen molar-refractivity contribution in [3.8, 4) is 0 Å². The lowest BCUT2D eigenvalue weighted by atomic mass is 10.2. The van der Waals surface area contributed by atoms with E-state index in [-0.39, 0.29) is 11.8 Å². The number of anilines is 3. The molecule has 0 unspecified atom stereocenters. The second-order valence-corrected chi connectivity index (χ2v) is 5.43. The smallest absolute Gasteiger partial charge is 0.274 e. The molecule has 0 atom stereocenters. The molecule has 0 saturated carbocycles. The number of benzene rings is 1. The minimum Gasteiger partial charge on any atom is -0.384 e. The Hall–Kier alpha value is -2.89. The average molecular weight is 326 g/mol. The van der Waals surface area contributed by atoms with Crippen molar-refractivity contribution in [2.24, 2.45) is 0 Å². The first kappa shape index (κ1) is 17.5. The van der Waals surface area contributed by atoms with E-state index in [4.69, 9.17) is 0 Å². The zero-order valence-corrected chi connectivity index (χ0v) is 13.9. The average Bonchev–Trinajstić information content (AvgIpc) is 2.55. The van der Waals surface area contributed by atoms with Gasteiger partial charge in [0.1, 0.15) is 5.69 Å². The molecule has 3 N–H and O–H groups in total. The van der Waals surface area contributed by atoms with E-state index < -0.39 is 0 Å². The summed E-state index contributed by atoms with van der Waals surface area (Å²) in [5.41, 5.74) is 2.45. The highest BCUT2D eigenvalue weighted by Crippen LogP contribution is 2.16. The van der Waals surface area contributed by atoms with E-state index in [0.29, 0.717) is 17.1 Å². The molecule has 0 aliphatic heterocycles. The van der Waals surface area contributed by atoms with E-state index in [9.17, 15) is 9.59 Å². The minimum absolute atomic E-state index is 0.161. The lowest BCUT2D eigenvalue weighted by Crippen LogP contribution is -2.14. The molecular weight excluding hydrogens is 304 g/mol. The number of pyridine rings is 1. The predicted molar refractivity (Wildman–Crippen MR) is 96.3 cm³/mol. The van der Waals surface area contributed by atoms with Gasteiger partial charge in [0.2, 0.25) is 5.91 Å². The number of rotatable bonds is 7. The third-order valence-corrected chi connectivity index (χ3v) is 3.30. The van der Waals surface area contributed by atoms with Crippen molar-refractivity contribution in [2.45, 2.75) is 26.7 Å². The highest BCUT2D eigenvalue weighted by atomic mass is 16.2. The number of carbonyl (C=O) groups is 2. The lowest BCUT2D eigenvalue weighted by molar-refractivity contribution is -0.114. The normalized spacial score (nSPS) is 10.1. The molecule has 6 nitrogen and oxygen atoms in total. The summed E-state index contributed by atoms with van der Waals surface area (Å²) in [6, 6.07) is 10.5. The maximum absolute atomic E-state index is 12.2. The number of aromatic nitrogens is 1. The van der Waals surface area contributed by atoms with Crippen LogP contribution in [0.25, 0.3) is 0 Å². The van der Waals surface area contributed by atoms with Gasteiger partial charge in [0.25, 0.3) is 5.91 Å². The zero-order valence-electron chi connectivity index (χ0n) is 13.9. The fraction of sp³-hybridized carbons (Fsp3) is 0.278. The van der Waals surface area contributed by atoms with Crippen LogP contribution in [-0.2, 0) is 4.79 Å². The van der Waals surface area contributed by atoms with Gasteiger partial charge >= 0.3 is 0 Å². The highest BCUT2D eigenvalue weighted by molar-refractivity contribution is 6.03. The summed E-state index contributed by atoms with van der Waals surface area (Å²) in [6.45, 7) is 4.46. The predicted octanol–water partition coefficient (Wildman–Crippen LogP) is 3.50. The van der Waals surface area contributed by atoms with Crippen molar-refractivity contribution in [1.82, 2.24) is 4.98 Å². The van der Waals surface area contributed by atoms with E-state index in [0.717, 1.165) is 25.1 Å². The van der Waals surface area contributed by atoms with Crippen molar-refractivity contribution in [2.75, 3.05) is 22.5 Å². The number of nitrogens with one attached hydrogen (secondary N) is 3. The van der Waals surface area contributed by atoms with Gasteiger partial charge in [-0.2, -0.15) is 0 Å². The highest BCUT2D eigenvalue weighted by Gasteiger charge is 2.08. The van der Waals surface area contributed by atoms with Crippen molar-refractivity contribution < 1.29 is 9.59 Å². The Labute approximate surface area is 141 Å². The molecule has 0 fully saturated rings. The van der Waals surface area contributed by atoms with Crippen LogP contribution in [0.3, 0.4) is 0 Å². The first-order chi connectivity index (χ1) is 11.6. The second kappa shape index (κ2) is 8.67. The van der Waals surface area contributed by atoms with Gasteiger partial charge in [0.15, 0.2) is 0 Å². The number of carbonyl (C=O) groups excluding carboxylic acids is 2. The van der Waals surface area contributed by atoms with Gasteiger partial charge in [-0.25, -0.2) is 4.98 Å². The third kappa shape index (κ3) is 5.39. The van der Waals surface area contributed by atoms with Gasteiger partial charge in [-0.05, 0) is 36.8 Å². The molecule has 0 radical (unpaired) electrons. The summed E-state index contributed by atoms with van der Waals surface area (Å²) in [7, 11) is 0. The first-order valence-electron chi connectivity index (χ1n) is 7.97. The molecule has 0 bridgehead atoms. The Balaban J connectivity index is 1.98. The summed E-state index contributed by atoms with van der Waals surface area (Å²) < 4.78 is 0. The van der Waals surface area contributed by atoms with Gasteiger partial charge < -0.3 is 16.0 Å². The van der Waals surface area contributed by atoms with Gasteiger partial charge in [0, 0.05) is 24.8 Å². The number of unbranched alkanes of at least 4 members (excludes halogenated alkanes) is 1. The standard InChI is InChI=1S/C18H22N4O2/c1-3-4-10-19-16-8-9-17(20-12-16)18(24)22-15-7-5-6-14(11-15)21-13(2)23/h5-9,11-12,19H,3-4,10H2,1-2H3,(H,21,23)(H,22,24). The van der Waals surface area contributed by atoms with Gasteiger partial charge in [-0.3, -0.25) is 9.59 Å². The van der Waals surface area contributed by atoms with Crippen molar-refractivity contribution in [1.29, 1.82) is 0 Å². The molecule has 2 rings (SSSR count). The Bertz CT molecular complexity index is 698. The third-order valence-electron chi connectivity index (χ3n) is 3.30. The quantitative estimate of drug-likeness (QED) is 0.680. The maximum atomic E-state index is 12.2. The summed E-state index contributed by atoms with van der Waals surface area (Å²) in [5.74, 6) is -0.457. The fourth-order valence-electron chi connectivity index (χ4n) is 2.12. The number of hydrogen-bond acceptors (Lipinski definition) is 4. The molecule has 0 aliphatic carbocycles. The van der Waals surface area contributed by atoms with Crippen LogP contribution in [0.4, 0.5) is 17.1 Å². The molecule has 2 aromatic rings. The molecule has 0 aliphatic rings. The molecule has 126 valence electrons. The molecular formula is C18H22N4O2.